The van der Waals surface area contributed by atoms with Gasteiger partial charge >= 0.3 is 0 Å². The molecule has 1 aliphatic rings. The van der Waals surface area contributed by atoms with Crippen molar-refractivity contribution >= 4 is 11.5 Å². The number of aryl methyl sites for hydroxylation is 1. The number of methoxy groups -OCH3 is 1. The molecule has 0 radical (unpaired) electrons. The summed E-state index contributed by atoms with van der Waals surface area (Å²) in [5, 5.41) is 11.7. The van der Waals surface area contributed by atoms with Gasteiger partial charge in [0.05, 0.1) is 12.1 Å². The highest BCUT2D eigenvalue weighted by Crippen LogP contribution is 2.25. The quantitative estimate of drug-likeness (QED) is 0.888. The molecule has 1 N–H and O–H groups in total. The molecule has 1 saturated carbocycles. The van der Waals surface area contributed by atoms with E-state index >= 15 is 0 Å². The van der Waals surface area contributed by atoms with Crippen LogP contribution >= 0.6 is 0 Å². The van der Waals surface area contributed by atoms with Gasteiger partial charge in [-0.1, -0.05) is 0 Å². The highest BCUT2D eigenvalue weighted by atomic mass is 16.5. The summed E-state index contributed by atoms with van der Waals surface area (Å²) in [5.41, 5.74) is 0.775. The summed E-state index contributed by atoms with van der Waals surface area (Å²) in [7, 11) is 1.76. The van der Waals surface area contributed by atoms with Gasteiger partial charge in [-0.15, -0.1) is 10.2 Å². The highest BCUT2D eigenvalue weighted by molar-refractivity contribution is 5.62. The van der Waals surface area contributed by atoms with Gasteiger partial charge in [-0.25, -0.2) is 4.98 Å². The Morgan fingerprint density at radius 2 is 2.28 bits per heavy atom. The maximum atomic E-state index is 5.48. The third-order valence-corrected chi connectivity index (χ3v) is 3.57. The predicted molar refractivity (Wildman–Crippen MR) is 67.6 cm³/mol. The fourth-order valence-corrected chi connectivity index (χ4v) is 2.59. The molecular weight excluding hydrogens is 230 g/mol. The zero-order chi connectivity index (χ0) is 12.5. The number of ether oxygens (including phenoxy) is 1. The van der Waals surface area contributed by atoms with E-state index in [0.29, 0.717) is 6.04 Å². The minimum Gasteiger partial charge on any atom is -0.379 e. The highest BCUT2D eigenvalue weighted by Gasteiger charge is 2.28. The molecule has 0 bridgehead atoms. The van der Waals surface area contributed by atoms with Gasteiger partial charge in [-0.2, -0.15) is 0 Å². The first kappa shape index (κ1) is 11.4. The summed E-state index contributed by atoms with van der Waals surface area (Å²) >= 11 is 0. The molecule has 2 heterocycles. The lowest BCUT2D eigenvalue weighted by molar-refractivity contribution is 0.101. The van der Waals surface area contributed by atoms with Crippen molar-refractivity contribution in [2.75, 3.05) is 12.4 Å². The van der Waals surface area contributed by atoms with Gasteiger partial charge in [0.25, 0.3) is 0 Å². The van der Waals surface area contributed by atoms with Crippen LogP contribution in [0.25, 0.3) is 5.65 Å². The predicted octanol–water partition coefficient (Wildman–Crippen LogP) is 1.41. The summed E-state index contributed by atoms with van der Waals surface area (Å²) in [4.78, 5) is 4.36. The van der Waals surface area contributed by atoms with Gasteiger partial charge in [0.15, 0.2) is 5.82 Å². The SMILES string of the molecule is COC1CCCC1Nc1nccn2c(C)nnc12. The van der Waals surface area contributed by atoms with E-state index in [1.807, 2.05) is 17.5 Å². The van der Waals surface area contributed by atoms with E-state index in [-0.39, 0.29) is 6.10 Å². The lowest BCUT2D eigenvalue weighted by atomic mass is 10.2. The topological polar surface area (TPSA) is 64.3 Å². The molecule has 0 spiro atoms. The van der Waals surface area contributed by atoms with Crippen LogP contribution in [0.1, 0.15) is 25.1 Å². The molecule has 2 unspecified atom stereocenters. The Balaban J connectivity index is 1.90. The van der Waals surface area contributed by atoms with Crippen molar-refractivity contribution in [1.29, 1.82) is 0 Å². The molecule has 96 valence electrons. The summed E-state index contributed by atoms with van der Waals surface area (Å²) in [6, 6.07) is 0.311. The third-order valence-electron chi connectivity index (χ3n) is 3.57. The van der Waals surface area contributed by atoms with Gasteiger partial charge < -0.3 is 10.1 Å². The van der Waals surface area contributed by atoms with Crippen molar-refractivity contribution in [1.82, 2.24) is 19.6 Å². The number of nitrogens with zero attached hydrogens (tertiary/aromatic N) is 4. The number of anilines is 1. The van der Waals surface area contributed by atoms with Crippen LogP contribution in [0.15, 0.2) is 12.4 Å². The Morgan fingerprint density at radius 1 is 1.39 bits per heavy atom. The molecule has 2 aromatic rings. The smallest absolute Gasteiger partial charge is 0.203 e. The number of aromatic nitrogens is 4. The molecular formula is C12H17N5O. The average molecular weight is 247 g/mol. The molecule has 0 amide bonds. The summed E-state index contributed by atoms with van der Waals surface area (Å²) in [6.07, 6.45) is 7.29. The second kappa shape index (κ2) is 4.53. The number of nitrogens with one attached hydrogen (secondary N) is 1. The molecule has 2 atom stereocenters. The van der Waals surface area contributed by atoms with Crippen LogP contribution in [0.2, 0.25) is 0 Å². The maximum Gasteiger partial charge on any atom is 0.203 e. The second-order valence-corrected chi connectivity index (χ2v) is 4.67. The Hall–Kier alpha value is -1.69. The van der Waals surface area contributed by atoms with E-state index < -0.39 is 0 Å². The van der Waals surface area contributed by atoms with Crippen molar-refractivity contribution < 1.29 is 4.74 Å². The molecule has 0 saturated heterocycles. The van der Waals surface area contributed by atoms with E-state index in [0.717, 1.165) is 30.1 Å². The van der Waals surface area contributed by atoms with E-state index in [2.05, 4.69) is 20.5 Å². The Kier molecular flexibility index (Phi) is 2.87. The first-order valence-electron chi connectivity index (χ1n) is 6.25. The minimum absolute atomic E-state index is 0.260. The van der Waals surface area contributed by atoms with E-state index in [4.69, 9.17) is 4.74 Å². The summed E-state index contributed by atoms with van der Waals surface area (Å²) in [5.74, 6) is 1.65. The fourth-order valence-electron chi connectivity index (χ4n) is 2.59. The van der Waals surface area contributed by atoms with Gasteiger partial charge in [-0.05, 0) is 26.2 Å². The normalized spacial score (nSPS) is 23.7. The van der Waals surface area contributed by atoms with Crippen LogP contribution in [0, 0.1) is 6.92 Å². The monoisotopic (exact) mass is 247 g/mol. The summed E-state index contributed by atoms with van der Waals surface area (Å²) in [6.45, 7) is 1.93. The van der Waals surface area contributed by atoms with Gasteiger partial charge in [0.1, 0.15) is 5.82 Å². The molecule has 0 aliphatic heterocycles. The molecule has 6 nitrogen and oxygen atoms in total. The first-order chi connectivity index (χ1) is 8.79. The number of fused-ring (bicyclic) bond motifs is 1. The van der Waals surface area contributed by atoms with Crippen molar-refractivity contribution in [3.8, 4) is 0 Å². The first-order valence-corrected chi connectivity index (χ1v) is 6.25. The number of hydrogen-bond acceptors (Lipinski definition) is 5. The van der Waals surface area contributed by atoms with E-state index in [1.54, 1.807) is 13.3 Å². The van der Waals surface area contributed by atoms with Gasteiger partial charge in [0.2, 0.25) is 5.65 Å². The van der Waals surface area contributed by atoms with Crippen molar-refractivity contribution in [2.45, 2.75) is 38.3 Å². The van der Waals surface area contributed by atoms with E-state index in [9.17, 15) is 0 Å². The lowest BCUT2D eigenvalue weighted by Gasteiger charge is -2.20. The Morgan fingerprint density at radius 3 is 3.11 bits per heavy atom. The maximum absolute atomic E-state index is 5.48. The molecule has 18 heavy (non-hydrogen) atoms. The zero-order valence-corrected chi connectivity index (χ0v) is 10.6. The molecule has 1 aliphatic carbocycles. The van der Waals surface area contributed by atoms with Crippen LogP contribution in [-0.4, -0.2) is 38.8 Å². The van der Waals surface area contributed by atoms with Crippen LogP contribution < -0.4 is 5.32 Å². The Bertz CT molecular complexity index is 552. The molecule has 3 rings (SSSR count). The summed E-state index contributed by atoms with van der Waals surface area (Å²) < 4.78 is 7.42. The number of rotatable bonds is 3. The minimum atomic E-state index is 0.260. The average Bonchev–Trinajstić information content (AvgIpc) is 2.98. The standard InChI is InChI=1S/C12H17N5O/c1-8-15-16-12-11(13-6-7-17(8)12)14-9-4-3-5-10(9)18-2/h6-7,9-10H,3-5H2,1-2H3,(H,13,14). The third kappa shape index (κ3) is 1.82. The van der Waals surface area contributed by atoms with Crippen LogP contribution in [0.5, 0.6) is 0 Å². The zero-order valence-electron chi connectivity index (χ0n) is 10.6. The van der Waals surface area contributed by atoms with Gasteiger partial charge in [-0.3, -0.25) is 4.40 Å². The number of hydrogen-bond donors (Lipinski definition) is 1. The largest absolute Gasteiger partial charge is 0.379 e. The molecule has 6 heteroatoms. The molecule has 1 fully saturated rings. The van der Waals surface area contributed by atoms with Crippen LogP contribution in [0.4, 0.5) is 5.82 Å². The second-order valence-electron chi connectivity index (χ2n) is 4.67. The fraction of sp³-hybridized carbons (Fsp3) is 0.583. The lowest BCUT2D eigenvalue weighted by Crippen LogP contribution is -2.30. The van der Waals surface area contributed by atoms with Crippen molar-refractivity contribution in [2.24, 2.45) is 0 Å². The van der Waals surface area contributed by atoms with Crippen molar-refractivity contribution in [3.05, 3.63) is 18.2 Å². The van der Waals surface area contributed by atoms with Crippen LogP contribution in [-0.2, 0) is 4.74 Å². The molecule has 0 aromatic carbocycles. The van der Waals surface area contributed by atoms with Gasteiger partial charge in [0, 0.05) is 19.5 Å². The van der Waals surface area contributed by atoms with E-state index in [1.165, 1.54) is 6.42 Å². The Labute approximate surface area is 105 Å². The molecule has 2 aromatic heterocycles. The van der Waals surface area contributed by atoms with Crippen LogP contribution in [0.3, 0.4) is 0 Å². The van der Waals surface area contributed by atoms with Crippen molar-refractivity contribution in [3.63, 3.8) is 0 Å².